The highest BCUT2D eigenvalue weighted by molar-refractivity contribution is 5.45. The number of rotatable bonds is 7. The number of nitrogens with zero attached hydrogens (tertiary/aromatic N) is 5. The Morgan fingerprint density at radius 2 is 1.70 bits per heavy atom. The van der Waals surface area contributed by atoms with Gasteiger partial charge in [-0.1, -0.05) is 54.6 Å². The molecule has 0 saturated heterocycles. The van der Waals surface area contributed by atoms with Crippen molar-refractivity contribution in [1.82, 2.24) is 25.1 Å². The van der Waals surface area contributed by atoms with Crippen LogP contribution >= 0.6 is 0 Å². The van der Waals surface area contributed by atoms with E-state index in [0.717, 1.165) is 48.0 Å². The van der Waals surface area contributed by atoms with Crippen molar-refractivity contribution in [2.45, 2.75) is 25.6 Å². The molecular weight excluding hydrogens is 414 g/mol. The van der Waals surface area contributed by atoms with Gasteiger partial charge in [0.05, 0.1) is 20.8 Å². The van der Waals surface area contributed by atoms with E-state index in [1.807, 2.05) is 41.1 Å². The second-order valence-corrected chi connectivity index (χ2v) is 8.18. The smallest absolute Gasteiger partial charge is 0.173 e. The highest BCUT2D eigenvalue weighted by Gasteiger charge is 2.33. The zero-order chi connectivity index (χ0) is 22.6. The summed E-state index contributed by atoms with van der Waals surface area (Å²) >= 11 is 0. The molecule has 33 heavy (non-hydrogen) atoms. The summed E-state index contributed by atoms with van der Waals surface area (Å²) in [6.45, 7) is 2.29. The number of hydrogen-bond donors (Lipinski definition) is 0. The summed E-state index contributed by atoms with van der Waals surface area (Å²) in [6.07, 6.45) is 0.971. The third kappa shape index (κ3) is 4.32. The molecule has 0 saturated carbocycles. The van der Waals surface area contributed by atoms with Crippen LogP contribution in [0.3, 0.4) is 0 Å². The molecule has 1 aliphatic rings. The fourth-order valence-electron chi connectivity index (χ4n) is 4.57. The van der Waals surface area contributed by atoms with Crippen LogP contribution in [0.2, 0.25) is 0 Å². The highest BCUT2D eigenvalue weighted by Crippen LogP contribution is 2.38. The van der Waals surface area contributed by atoms with E-state index in [-0.39, 0.29) is 6.04 Å². The molecule has 3 aromatic carbocycles. The summed E-state index contributed by atoms with van der Waals surface area (Å²) < 4.78 is 13.2. The molecule has 1 aliphatic heterocycles. The van der Waals surface area contributed by atoms with Gasteiger partial charge in [0, 0.05) is 18.7 Å². The van der Waals surface area contributed by atoms with Gasteiger partial charge in [-0.25, -0.2) is 4.68 Å². The molecule has 1 atom stereocenters. The summed E-state index contributed by atoms with van der Waals surface area (Å²) in [5.74, 6) is 2.34. The number of benzene rings is 3. The summed E-state index contributed by atoms with van der Waals surface area (Å²) in [5, 5.41) is 12.9. The van der Waals surface area contributed by atoms with Crippen molar-refractivity contribution in [3.63, 3.8) is 0 Å². The monoisotopic (exact) mass is 441 g/mol. The molecule has 1 aromatic heterocycles. The number of methoxy groups -OCH3 is 2. The van der Waals surface area contributed by atoms with E-state index in [1.165, 1.54) is 11.1 Å². The number of tetrazole rings is 1. The van der Waals surface area contributed by atoms with E-state index in [9.17, 15) is 0 Å². The lowest BCUT2D eigenvalue weighted by Crippen LogP contribution is -2.36. The summed E-state index contributed by atoms with van der Waals surface area (Å²) in [4.78, 5) is 2.42. The van der Waals surface area contributed by atoms with Crippen molar-refractivity contribution < 1.29 is 9.47 Å². The molecule has 0 aliphatic carbocycles. The first-order chi connectivity index (χ1) is 16.3. The first-order valence-corrected chi connectivity index (χ1v) is 11.1. The molecule has 168 valence electrons. The molecule has 4 aromatic rings. The molecule has 7 heteroatoms. The minimum Gasteiger partial charge on any atom is -0.497 e. The number of hydrogen-bond acceptors (Lipinski definition) is 6. The second-order valence-electron chi connectivity index (χ2n) is 8.18. The number of fused-ring (bicyclic) bond motifs is 1. The fourth-order valence-corrected chi connectivity index (χ4v) is 4.57. The quantitative estimate of drug-likeness (QED) is 0.434. The largest absolute Gasteiger partial charge is 0.497 e. The van der Waals surface area contributed by atoms with Crippen molar-refractivity contribution >= 4 is 0 Å². The topological polar surface area (TPSA) is 65.3 Å². The van der Waals surface area contributed by atoms with Gasteiger partial charge >= 0.3 is 0 Å². The van der Waals surface area contributed by atoms with Crippen LogP contribution in [-0.4, -0.2) is 45.9 Å². The SMILES string of the molecule is COc1ccc(OC)c([C@H](c2nnnn2Cc2ccccc2)N2CCc3ccccc3C2)c1. The molecule has 0 spiro atoms. The van der Waals surface area contributed by atoms with E-state index in [4.69, 9.17) is 9.47 Å². The Hall–Kier alpha value is -3.71. The molecule has 0 N–H and O–H groups in total. The molecule has 7 nitrogen and oxygen atoms in total. The van der Waals surface area contributed by atoms with Crippen LogP contribution in [-0.2, 0) is 19.5 Å². The van der Waals surface area contributed by atoms with Gasteiger partial charge in [0.15, 0.2) is 5.82 Å². The van der Waals surface area contributed by atoms with E-state index >= 15 is 0 Å². The van der Waals surface area contributed by atoms with Gasteiger partial charge in [-0.15, -0.1) is 5.10 Å². The Morgan fingerprint density at radius 3 is 2.48 bits per heavy atom. The Morgan fingerprint density at radius 1 is 0.909 bits per heavy atom. The van der Waals surface area contributed by atoms with Crippen LogP contribution in [0.1, 0.15) is 34.1 Å². The van der Waals surface area contributed by atoms with Crippen LogP contribution in [0.5, 0.6) is 11.5 Å². The summed E-state index contributed by atoms with van der Waals surface area (Å²) in [5.41, 5.74) is 4.86. The van der Waals surface area contributed by atoms with Crippen LogP contribution in [0.25, 0.3) is 0 Å². The van der Waals surface area contributed by atoms with Crippen molar-refractivity contribution in [1.29, 1.82) is 0 Å². The summed E-state index contributed by atoms with van der Waals surface area (Å²) in [7, 11) is 3.37. The van der Waals surface area contributed by atoms with Crippen molar-refractivity contribution in [3.05, 3.63) is 101 Å². The Balaban J connectivity index is 1.60. The lowest BCUT2D eigenvalue weighted by Gasteiger charge is -2.35. The molecule has 0 radical (unpaired) electrons. The van der Waals surface area contributed by atoms with Gasteiger partial charge in [-0.05, 0) is 51.7 Å². The normalized spacial score (nSPS) is 14.5. The highest BCUT2D eigenvalue weighted by atomic mass is 16.5. The van der Waals surface area contributed by atoms with Gasteiger partial charge < -0.3 is 9.47 Å². The van der Waals surface area contributed by atoms with Crippen LogP contribution < -0.4 is 9.47 Å². The predicted molar refractivity (Wildman–Crippen MR) is 125 cm³/mol. The van der Waals surface area contributed by atoms with Crippen molar-refractivity contribution in [2.24, 2.45) is 0 Å². The third-order valence-corrected chi connectivity index (χ3v) is 6.24. The van der Waals surface area contributed by atoms with E-state index in [1.54, 1.807) is 14.2 Å². The maximum atomic E-state index is 5.78. The minimum absolute atomic E-state index is 0.192. The summed E-state index contributed by atoms with van der Waals surface area (Å²) in [6, 6.07) is 24.6. The Kier molecular flexibility index (Phi) is 6.04. The van der Waals surface area contributed by atoms with Gasteiger partial charge in [0.2, 0.25) is 0 Å². The second kappa shape index (κ2) is 9.42. The van der Waals surface area contributed by atoms with E-state index in [0.29, 0.717) is 6.54 Å². The number of aromatic nitrogens is 4. The van der Waals surface area contributed by atoms with E-state index in [2.05, 4.69) is 56.8 Å². The zero-order valence-electron chi connectivity index (χ0n) is 18.9. The lowest BCUT2D eigenvalue weighted by molar-refractivity contribution is 0.191. The first kappa shape index (κ1) is 21.2. The zero-order valence-corrected chi connectivity index (χ0v) is 18.9. The van der Waals surface area contributed by atoms with E-state index < -0.39 is 0 Å². The maximum Gasteiger partial charge on any atom is 0.173 e. The van der Waals surface area contributed by atoms with Crippen molar-refractivity contribution in [2.75, 3.05) is 20.8 Å². The van der Waals surface area contributed by atoms with Gasteiger partial charge in [-0.2, -0.15) is 0 Å². The predicted octanol–water partition coefficient (Wildman–Crippen LogP) is 3.89. The molecule has 0 bridgehead atoms. The minimum atomic E-state index is -0.192. The van der Waals surface area contributed by atoms with Gasteiger partial charge in [0.1, 0.15) is 17.5 Å². The standard InChI is InChI=1S/C26H27N5O2/c1-32-22-12-13-24(33-2)23(16-22)25(30-15-14-20-10-6-7-11-21(20)18-30)26-27-28-29-31(26)17-19-8-4-3-5-9-19/h3-13,16,25H,14-15,17-18H2,1-2H3/t25-/m1/s1. The van der Waals surface area contributed by atoms with Gasteiger partial charge in [0.25, 0.3) is 0 Å². The molecular formula is C26H27N5O2. The molecule has 0 unspecified atom stereocenters. The first-order valence-electron chi connectivity index (χ1n) is 11.1. The average molecular weight is 442 g/mol. The molecule has 5 rings (SSSR count). The average Bonchev–Trinajstić information content (AvgIpc) is 3.32. The maximum absolute atomic E-state index is 5.78. The number of ether oxygens (including phenoxy) is 2. The van der Waals surface area contributed by atoms with Crippen LogP contribution in [0.15, 0.2) is 72.8 Å². The fraction of sp³-hybridized carbons (Fsp3) is 0.269. The third-order valence-electron chi connectivity index (χ3n) is 6.24. The van der Waals surface area contributed by atoms with Gasteiger partial charge in [-0.3, -0.25) is 4.90 Å². The van der Waals surface area contributed by atoms with Crippen molar-refractivity contribution in [3.8, 4) is 11.5 Å². The van der Waals surface area contributed by atoms with Crippen LogP contribution in [0, 0.1) is 0 Å². The Bertz CT molecular complexity index is 1220. The molecule has 0 amide bonds. The Labute approximate surface area is 193 Å². The van der Waals surface area contributed by atoms with Crippen LogP contribution in [0.4, 0.5) is 0 Å². The lowest BCUT2D eigenvalue weighted by atomic mass is 9.95. The molecule has 0 fully saturated rings. The molecule has 2 heterocycles.